The van der Waals surface area contributed by atoms with E-state index in [1.54, 1.807) is 0 Å². The van der Waals surface area contributed by atoms with Crippen LogP contribution in [0.25, 0.3) is 0 Å². The highest BCUT2D eigenvalue weighted by Gasteiger charge is 2.35. The zero-order valence-corrected chi connectivity index (χ0v) is 13.0. The highest BCUT2D eigenvalue weighted by molar-refractivity contribution is 5.82. The van der Waals surface area contributed by atoms with Crippen molar-refractivity contribution >= 4 is 12.0 Å². The van der Waals surface area contributed by atoms with Crippen molar-refractivity contribution in [2.24, 2.45) is 5.92 Å². The average molecular weight is 297 g/mol. The molecule has 0 aromatic carbocycles. The van der Waals surface area contributed by atoms with E-state index in [9.17, 15) is 14.7 Å². The summed E-state index contributed by atoms with van der Waals surface area (Å²) in [5, 5.41) is 12.2. The minimum absolute atomic E-state index is 0.228. The number of carbonyl (C=O) groups excluding carboxylic acids is 1. The molecule has 0 bridgehead atoms. The van der Waals surface area contributed by atoms with Gasteiger partial charge < -0.3 is 20.2 Å². The topological polar surface area (TPSA) is 72.9 Å². The first-order valence-corrected chi connectivity index (χ1v) is 7.96. The molecule has 0 aliphatic carbocycles. The van der Waals surface area contributed by atoms with Crippen LogP contribution >= 0.6 is 0 Å². The third kappa shape index (κ3) is 4.09. The van der Waals surface area contributed by atoms with Gasteiger partial charge in [-0.05, 0) is 45.2 Å². The molecule has 0 aromatic rings. The molecule has 0 aromatic heterocycles. The Balaban J connectivity index is 1.87. The fraction of sp³-hybridized carbons (Fsp3) is 0.867. The second-order valence-corrected chi connectivity index (χ2v) is 6.49. The van der Waals surface area contributed by atoms with E-state index in [1.807, 2.05) is 6.92 Å². The van der Waals surface area contributed by atoms with Gasteiger partial charge in [-0.1, -0.05) is 13.3 Å². The molecule has 0 spiro atoms. The van der Waals surface area contributed by atoms with Crippen LogP contribution < -0.4 is 5.32 Å². The Morgan fingerprint density at radius 2 is 2.00 bits per heavy atom. The standard InChI is InChI=1S/C15H27N3O3/c1-11-6-8-18(13(9-11)14(19)20)15(21)16-10-12-5-3-4-7-17(12)2/h11-13H,3-10H2,1-2H3,(H,16,21)(H,19,20). The van der Waals surface area contributed by atoms with Crippen LogP contribution in [0.4, 0.5) is 4.79 Å². The lowest BCUT2D eigenvalue weighted by Crippen LogP contribution is -2.55. The number of likely N-dealkylation sites (tertiary alicyclic amines) is 2. The van der Waals surface area contributed by atoms with Crippen LogP contribution in [0.5, 0.6) is 0 Å². The van der Waals surface area contributed by atoms with Gasteiger partial charge in [0, 0.05) is 19.1 Å². The van der Waals surface area contributed by atoms with Crippen molar-refractivity contribution in [1.29, 1.82) is 0 Å². The predicted molar refractivity (Wildman–Crippen MR) is 80.2 cm³/mol. The minimum Gasteiger partial charge on any atom is -0.480 e. The summed E-state index contributed by atoms with van der Waals surface area (Å²) < 4.78 is 0. The number of aliphatic carboxylic acids is 1. The van der Waals surface area contributed by atoms with E-state index in [4.69, 9.17) is 0 Å². The zero-order valence-electron chi connectivity index (χ0n) is 13.0. The highest BCUT2D eigenvalue weighted by atomic mass is 16.4. The smallest absolute Gasteiger partial charge is 0.326 e. The SMILES string of the molecule is CC1CCN(C(=O)NCC2CCCCN2C)C(C(=O)O)C1. The summed E-state index contributed by atoms with van der Waals surface area (Å²) in [7, 11) is 2.08. The molecule has 6 nitrogen and oxygen atoms in total. The first kappa shape index (κ1) is 16.1. The summed E-state index contributed by atoms with van der Waals surface area (Å²) in [6.45, 7) is 4.25. The van der Waals surface area contributed by atoms with Gasteiger partial charge in [0.1, 0.15) is 6.04 Å². The van der Waals surface area contributed by atoms with Crippen molar-refractivity contribution in [2.75, 3.05) is 26.7 Å². The van der Waals surface area contributed by atoms with Gasteiger partial charge in [0.2, 0.25) is 0 Å². The largest absolute Gasteiger partial charge is 0.480 e. The molecule has 2 heterocycles. The van der Waals surface area contributed by atoms with E-state index in [-0.39, 0.29) is 6.03 Å². The summed E-state index contributed by atoms with van der Waals surface area (Å²) >= 11 is 0. The lowest BCUT2D eigenvalue weighted by molar-refractivity contribution is -0.143. The van der Waals surface area contributed by atoms with Crippen molar-refractivity contribution in [3.63, 3.8) is 0 Å². The molecule has 120 valence electrons. The first-order valence-electron chi connectivity index (χ1n) is 7.96. The monoisotopic (exact) mass is 297 g/mol. The molecular weight excluding hydrogens is 270 g/mol. The molecule has 3 atom stereocenters. The maximum absolute atomic E-state index is 12.3. The van der Waals surface area contributed by atoms with Crippen LogP contribution in [0.3, 0.4) is 0 Å². The van der Waals surface area contributed by atoms with Gasteiger partial charge in [-0.2, -0.15) is 0 Å². The van der Waals surface area contributed by atoms with Crippen molar-refractivity contribution in [3.8, 4) is 0 Å². The molecule has 2 N–H and O–H groups in total. The summed E-state index contributed by atoms with van der Waals surface area (Å²) in [6, 6.07) is -0.541. The Kier molecular flexibility index (Phi) is 5.45. The number of rotatable bonds is 3. The Morgan fingerprint density at radius 1 is 1.24 bits per heavy atom. The maximum atomic E-state index is 12.3. The Bertz CT molecular complexity index is 388. The number of carboxylic acids is 1. The van der Waals surface area contributed by atoms with Gasteiger partial charge >= 0.3 is 12.0 Å². The van der Waals surface area contributed by atoms with E-state index in [1.165, 1.54) is 17.7 Å². The number of nitrogens with one attached hydrogen (secondary N) is 1. The van der Waals surface area contributed by atoms with E-state index in [2.05, 4.69) is 17.3 Å². The molecule has 2 amide bonds. The molecule has 2 fully saturated rings. The molecule has 2 aliphatic rings. The highest BCUT2D eigenvalue weighted by Crippen LogP contribution is 2.23. The molecule has 6 heteroatoms. The lowest BCUT2D eigenvalue weighted by Gasteiger charge is -2.37. The van der Waals surface area contributed by atoms with Gasteiger partial charge in [-0.15, -0.1) is 0 Å². The van der Waals surface area contributed by atoms with Crippen LogP contribution in [0, 0.1) is 5.92 Å². The molecule has 2 saturated heterocycles. The molecule has 2 rings (SSSR count). The van der Waals surface area contributed by atoms with E-state index in [0.29, 0.717) is 31.5 Å². The van der Waals surface area contributed by atoms with Gasteiger partial charge in [0.15, 0.2) is 0 Å². The maximum Gasteiger partial charge on any atom is 0.326 e. The van der Waals surface area contributed by atoms with Crippen LogP contribution in [-0.4, -0.2) is 65.7 Å². The van der Waals surface area contributed by atoms with Crippen molar-refractivity contribution < 1.29 is 14.7 Å². The quantitative estimate of drug-likeness (QED) is 0.825. The second kappa shape index (κ2) is 7.11. The Hall–Kier alpha value is -1.30. The van der Waals surface area contributed by atoms with Gasteiger partial charge in [-0.3, -0.25) is 0 Å². The van der Waals surface area contributed by atoms with E-state index in [0.717, 1.165) is 19.4 Å². The van der Waals surface area contributed by atoms with Crippen LogP contribution in [0.1, 0.15) is 39.0 Å². The van der Waals surface area contributed by atoms with E-state index >= 15 is 0 Å². The van der Waals surface area contributed by atoms with Crippen molar-refractivity contribution in [3.05, 3.63) is 0 Å². The Labute approximate surface area is 126 Å². The fourth-order valence-electron chi connectivity index (χ4n) is 3.33. The normalized spacial score (nSPS) is 31.0. The number of hydrogen-bond acceptors (Lipinski definition) is 3. The van der Waals surface area contributed by atoms with E-state index < -0.39 is 12.0 Å². The van der Waals surface area contributed by atoms with Crippen LogP contribution in [0.2, 0.25) is 0 Å². The number of nitrogens with zero attached hydrogens (tertiary/aromatic N) is 2. The van der Waals surface area contributed by atoms with Crippen molar-refractivity contribution in [1.82, 2.24) is 15.1 Å². The number of carbonyl (C=O) groups is 2. The zero-order chi connectivity index (χ0) is 15.4. The third-order valence-electron chi connectivity index (χ3n) is 4.82. The number of carboxylic acid groups (broad SMARTS) is 1. The predicted octanol–water partition coefficient (Wildman–Crippen LogP) is 1.37. The average Bonchev–Trinajstić information content (AvgIpc) is 2.46. The van der Waals surface area contributed by atoms with Crippen LogP contribution in [-0.2, 0) is 4.79 Å². The summed E-state index contributed by atoms with van der Waals surface area (Å²) in [4.78, 5) is 27.4. The number of amides is 2. The number of piperidine rings is 2. The fourth-order valence-corrected chi connectivity index (χ4v) is 3.33. The number of hydrogen-bond donors (Lipinski definition) is 2. The molecule has 0 saturated carbocycles. The molecule has 0 radical (unpaired) electrons. The summed E-state index contributed by atoms with van der Waals surface area (Å²) in [5.41, 5.74) is 0. The Morgan fingerprint density at radius 3 is 2.67 bits per heavy atom. The molecule has 2 aliphatic heterocycles. The van der Waals surface area contributed by atoms with Crippen LogP contribution in [0.15, 0.2) is 0 Å². The molecular formula is C15H27N3O3. The summed E-state index contributed by atoms with van der Waals surface area (Å²) in [5.74, 6) is -0.536. The lowest BCUT2D eigenvalue weighted by atomic mass is 9.93. The second-order valence-electron chi connectivity index (χ2n) is 6.49. The number of urea groups is 1. The number of likely N-dealkylation sites (N-methyl/N-ethyl adjacent to an activating group) is 1. The third-order valence-corrected chi connectivity index (χ3v) is 4.82. The van der Waals surface area contributed by atoms with Crippen molar-refractivity contribution in [2.45, 2.75) is 51.1 Å². The molecule has 21 heavy (non-hydrogen) atoms. The van der Waals surface area contributed by atoms with Gasteiger partial charge in [0.05, 0.1) is 0 Å². The minimum atomic E-state index is -0.897. The van der Waals surface area contributed by atoms with Gasteiger partial charge in [0.25, 0.3) is 0 Å². The summed E-state index contributed by atoms with van der Waals surface area (Å²) in [6.07, 6.45) is 4.93. The molecule has 3 unspecified atom stereocenters. The first-order chi connectivity index (χ1) is 9.99. The van der Waals surface area contributed by atoms with Gasteiger partial charge in [-0.25, -0.2) is 9.59 Å².